The van der Waals surface area contributed by atoms with Crippen LogP contribution in [-0.2, 0) is 9.84 Å². The predicted molar refractivity (Wildman–Crippen MR) is 50.5 cm³/mol. The van der Waals surface area contributed by atoms with Gasteiger partial charge in [-0.15, -0.1) is 0 Å². The highest BCUT2D eigenvalue weighted by Crippen LogP contribution is 2.15. The van der Waals surface area contributed by atoms with Crippen LogP contribution in [0.4, 0.5) is 0 Å². The van der Waals surface area contributed by atoms with E-state index in [1.165, 1.54) is 0 Å². The van der Waals surface area contributed by atoms with Gasteiger partial charge < -0.3 is 0 Å². The summed E-state index contributed by atoms with van der Waals surface area (Å²) in [4.78, 5) is 0. The van der Waals surface area contributed by atoms with Crippen molar-refractivity contribution in [1.82, 2.24) is 0 Å². The summed E-state index contributed by atoms with van der Waals surface area (Å²) in [5.74, 6) is 0.542. The van der Waals surface area contributed by atoms with Gasteiger partial charge in [0.25, 0.3) is 0 Å². The minimum atomic E-state index is -2.78. The van der Waals surface area contributed by atoms with Gasteiger partial charge in [0, 0.05) is 5.75 Å². The maximum absolute atomic E-state index is 11.0. The molecular formula is C8H20O2S. The minimum absolute atomic E-state index is 0. The van der Waals surface area contributed by atoms with Gasteiger partial charge in [0.15, 0.2) is 9.84 Å². The Morgan fingerprint density at radius 2 is 1.55 bits per heavy atom. The van der Waals surface area contributed by atoms with Crippen LogP contribution >= 0.6 is 0 Å². The molecule has 0 aliphatic carbocycles. The molecule has 0 spiro atoms. The van der Waals surface area contributed by atoms with Gasteiger partial charge in [-0.1, -0.05) is 35.1 Å². The zero-order chi connectivity index (χ0) is 8.41. The molecule has 0 saturated carbocycles. The minimum Gasteiger partial charge on any atom is -0.229 e. The number of hydrogen-bond donors (Lipinski definition) is 0. The zero-order valence-corrected chi connectivity index (χ0v) is 7.96. The first kappa shape index (κ1) is 13.5. The van der Waals surface area contributed by atoms with Gasteiger partial charge in [-0.3, -0.25) is 0 Å². The van der Waals surface area contributed by atoms with Gasteiger partial charge in [-0.05, 0) is 5.41 Å². The normalized spacial score (nSPS) is 12.4. The Morgan fingerprint density at radius 3 is 1.64 bits per heavy atom. The Balaban J connectivity index is 0. The molecule has 0 atom stereocenters. The van der Waals surface area contributed by atoms with Crippen molar-refractivity contribution < 1.29 is 8.42 Å². The molecule has 0 heterocycles. The van der Waals surface area contributed by atoms with E-state index in [1.54, 1.807) is 6.92 Å². The van der Waals surface area contributed by atoms with Crippen LogP contribution in [0.1, 0.15) is 35.1 Å². The smallest absolute Gasteiger partial charge is 0.150 e. The molecule has 3 heteroatoms. The molecule has 0 bridgehead atoms. The van der Waals surface area contributed by atoms with E-state index in [0.29, 0.717) is 0 Å². The van der Waals surface area contributed by atoms with E-state index in [2.05, 4.69) is 0 Å². The van der Waals surface area contributed by atoms with Crippen molar-refractivity contribution in [2.45, 2.75) is 35.1 Å². The van der Waals surface area contributed by atoms with Crippen molar-refractivity contribution in [2.24, 2.45) is 5.41 Å². The first-order valence-electron chi connectivity index (χ1n) is 3.47. The molecule has 0 saturated heterocycles. The highest BCUT2D eigenvalue weighted by molar-refractivity contribution is 7.91. The first-order valence-corrected chi connectivity index (χ1v) is 5.29. The van der Waals surface area contributed by atoms with Crippen molar-refractivity contribution in [1.29, 1.82) is 0 Å². The van der Waals surface area contributed by atoms with Crippen LogP contribution in [0.3, 0.4) is 0 Å². The lowest BCUT2D eigenvalue weighted by Gasteiger charge is -2.16. The summed E-state index contributed by atoms with van der Waals surface area (Å²) in [6.07, 6.45) is 0. The van der Waals surface area contributed by atoms with Crippen LogP contribution in [-0.4, -0.2) is 19.9 Å². The molecule has 0 radical (unpaired) electrons. The standard InChI is InChI=1S/C7H16O2S.CH4/c1-5-10(8,9)6-7(2,3)4;/h5-6H2,1-4H3;1H4. The van der Waals surface area contributed by atoms with Crippen LogP contribution in [0, 0.1) is 5.41 Å². The summed E-state index contributed by atoms with van der Waals surface area (Å²) in [5.41, 5.74) is -0.102. The van der Waals surface area contributed by atoms with E-state index in [1.807, 2.05) is 20.8 Å². The molecule has 0 aliphatic rings. The van der Waals surface area contributed by atoms with E-state index >= 15 is 0 Å². The van der Waals surface area contributed by atoms with Crippen molar-refractivity contribution in [3.63, 3.8) is 0 Å². The maximum Gasteiger partial charge on any atom is 0.150 e. The summed E-state index contributed by atoms with van der Waals surface area (Å²) < 4.78 is 22.0. The molecular weight excluding hydrogens is 160 g/mol. The number of sulfone groups is 1. The highest BCUT2D eigenvalue weighted by atomic mass is 32.2. The van der Waals surface area contributed by atoms with E-state index in [4.69, 9.17) is 0 Å². The Kier molecular flexibility index (Phi) is 5.04. The van der Waals surface area contributed by atoms with Crippen LogP contribution in [0.25, 0.3) is 0 Å². The fourth-order valence-electron chi connectivity index (χ4n) is 0.762. The summed E-state index contributed by atoms with van der Waals surface area (Å²) in [6.45, 7) is 7.47. The summed E-state index contributed by atoms with van der Waals surface area (Å²) in [5, 5.41) is 0. The zero-order valence-electron chi connectivity index (χ0n) is 7.14. The molecule has 2 nitrogen and oxygen atoms in total. The van der Waals surface area contributed by atoms with Gasteiger partial charge >= 0.3 is 0 Å². The molecule has 0 aromatic heterocycles. The lowest BCUT2D eigenvalue weighted by atomic mass is 10.0. The number of hydrogen-bond acceptors (Lipinski definition) is 2. The fourth-order valence-corrected chi connectivity index (χ4v) is 2.29. The Labute approximate surface area is 70.9 Å². The van der Waals surface area contributed by atoms with E-state index < -0.39 is 9.84 Å². The van der Waals surface area contributed by atoms with Gasteiger partial charge in [0.05, 0.1) is 5.75 Å². The third-order valence-electron chi connectivity index (χ3n) is 1.09. The SMILES string of the molecule is C.CCS(=O)(=O)CC(C)(C)C. The van der Waals surface area contributed by atoms with Crippen molar-refractivity contribution in [3.8, 4) is 0 Å². The molecule has 0 aliphatic heterocycles. The third-order valence-corrected chi connectivity index (χ3v) is 3.28. The topological polar surface area (TPSA) is 34.1 Å². The monoisotopic (exact) mass is 180 g/mol. The predicted octanol–water partition coefficient (Wildman–Crippen LogP) is 2.10. The van der Waals surface area contributed by atoms with Crippen molar-refractivity contribution >= 4 is 9.84 Å². The quantitative estimate of drug-likeness (QED) is 0.652. The Bertz CT molecular complexity index is 185. The summed E-state index contributed by atoms with van der Waals surface area (Å²) in [6, 6.07) is 0. The van der Waals surface area contributed by atoms with E-state index in [9.17, 15) is 8.42 Å². The molecule has 0 N–H and O–H groups in total. The Morgan fingerprint density at radius 1 is 1.18 bits per heavy atom. The molecule has 0 rings (SSSR count). The second-order valence-corrected chi connectivity index (χ2v) is 6.09. The largest absolute Gasteiger partial charge is 0.229 e. The Hall–Kier alpha value is -0.0500. The summed E-state index contributed by atoms with van der Waals surface area (Å²) >= 11 is 0. The molecule has 0 aromatic rings. The van der Waals surface area contributed by atoms with Crippen LogP contribution in [0.5, 0.6) is 0 Å². The van der Waals surface area contributed by atoms with Crippen molar-refractivity contribution in [3.05, 3.63) is 0 Å². The van der Waals surface area contributed by atoms with Gasteiger partial charge in [0.1, 0.15) is 0 Å². The second-order valence-electron chi connectivity index (χ2n) is 3.74. The molecule has 0 amide bonds. The molecule has 11 heavy (non-hydrogen) atoms. The molecule has 0 aromatic carbocycles. The third kappa shape index (κ3) is 7.85. The van der Waals surface area contributed by atoms with Gasteiger partial charge in [-0.25, -0.2) is 8.42 Å². The molecule has 0 unspecified atom stereocenters. The van der Waals surface area contributed by atoms with E-state index in [-0.39, 0.29) is 24.3 Å². The van der Waals surface area contributed by atoms with Crippen LogP contribution in [0.2, 0.25) is 0 Å². The average molecular weight is 180 g/mol. The lowest BCUT2D eigenvalue weighted by molar-refractivity contribution is 0.462. The molecule has 70 valence electrons. The van der Waals surface area contributed by atoms with Gasteiger partial charge in [0.2, 0.25) is 0 Å². The first-order chi connectivity index (χ1) is 4.27. The van der Waals surface area contributed by atoms with Crippen LogP contribution in [0.15, 0.2) is 0 Å². The van der Waals surface area contributed by atoms with Gasteiger partial charge in [-0.2, -0.15) is 0 Å². The lowest BCUT2D eigenvalue weighted by Crippen LogP contribution is -2.21. The number of rotatable bonds is 2. The van der Waals surface area contributed by atoms with Crippen LogP contribution < -0.4 is 0 Å². The molecule has 0 fully saturated rings. The fraction of sp³-hybridized carbons (Fsp3) is 1.00. The highest BCUT2D eigenvalue weighted by Gasteiger charge is 2.19. The summed E-state index contributed by atoms with van der Waals surface area (Å²) in [7, 11) is -2.78. The maximum atomic E-state index is 11.0. The second kappa shape index (κ2) is 4.10. The average Bonchev–Trinajstić information content (AvgIpc) is 1.60. The van der Waals surface area contributed by atoms with E-state index in [0.717, 1.165) is 0 Å². The van der Waals surface area contributed by atoms with Crippen molar-refractivity contribution in [2.75, 3.05) is 11.5 Å².